The fourth-order valence-electron chi connectivity index (χ4n) is 6.26. The van der Waals surface area contributed by atoms with Gasteiger partial charge in [-0.3, -0.25) is 24.0 Å². The standard InChI is InChI=1S/C42H50N4O9/c1-27(2)21-31(41(43)52)23-37(47)36(22-28-15-17-32(18-16-28)54-26-39(49)50)46-42(53)35(19-20-40(51)55-25-29-9-4-3-5-10-29)45-38(48)14-8-11-30-24-44-34-13-7-6-12-33(30)34/h3-7,9-10,12-13,15-18,24,27,31,35-36,44H,8,11,14,19-23,25-26H2,1-2H3,(H2,43,52)(H,45,48)(H,46,53)(H,49,50)/t31-,35+,36+/m1/s1. The van der Waals surface area contributed by atoms with E-state index in [0.717, 1.165) is 22.0 Å². The molecule has 0 bridgehead atoms. The highest BCUT2D eigenvalue weighted by atomic mass is 16.5. The number of carboxylic acid groups (broad SMARTS) is 1. The minimum atomic E-state index is -1.19. The molecule has 0 aliphatic heterocycles. The SMILES string of the molecule is CC(C)C[C@H](CC(=O)[C@H](Cc1ccc(OCC(=O)O)cc1)NC(=O)[C@H](CCC(=O)OCc1ccccc1)NC(=O)CCCc1c[nH]c2ccccc12)C(N)=O. The summed E-state index contributed by atoms with van der Waals surface area (Å²) in [6.07, 6.45) is 3.03. The molecule has 55 heavy (non-hydrogen) atoms. The number of H-pyrrole nitrogens is 1. The number of nitrogens with two attached hydrogens (primary N) is 1. The molecule has 0 unspecified atom stereocenters. The van der Waals surface area contributed by atoms with Gasteiger partial charge < -0.3 is 35.9 Å². The number of hydrogen-bond donors (Lipinski definition) is 5. The van der Waals surface area contributed by atoms with Crippen molar-refractivity contribution in [1.82, 2.24) is 15.6 Å². The number of hydrogen-bond acceptors (Lipinski definition) is 8. The van der Waals surface area contributed by atoms with Crippen molar-refractivity contribution in [2.75, 3.05) is 6.61 Å². The van der Waals surface area contributed by atoms with Crippen LogP contribution >= 0.6 is 0 Å². The largest absolute Gasteiger partial charge is 0.482 e. The molecule has 13 nitrogen and oxygen atoms in total. The van der Waals surface area contributed by atoms with Crippen molar-refractivity contribution in [3.05, 3.63) is 102 Å². The molecule has 0 spiro atoms. The number of aromatic amines is 1. The number of Topliss-reactive ketones (excluding diaryl/α,β-unsaturated/α-hetero) is 1. The molecule has 6 N–H and O–H groups in total. The van der Waals surface area contributed by atoms with Gasteiger partial charge in [-0.2, -0.15) is 0 Å². The number of primary amides is 1. The molecule has 3 aromatic carbocycles. The van der Waals surface area contributed by atoms with E-state index in [1.807, 2.05) is 74.6 Å². The van der Waals surface area contributed by atoms with E-state index in [4.69, 9.17) is 20.3 Å². The Morgan fingerprint density at radius 3 is 2.24 bits per heavy atom. The topological polar surface area (TPSA) is 207 Å². The zero-order valence-electron chi connectivity index (χ0n) is 31.3. The number of amides is 3. The summed E-state index contributed by atoms with van der Waals surface area (Å²) in [5.74, 6) is -4.22. The van der Waals surface area contributed by atoms with Gasteiger partial charge in [-0.05, 0) is 72.9 Å². The van der Waals surface area contributed by atoms with E-state index in [1.165, 1.54) is 0 Å². The molecule has 13 heteroatoms. The number of carbonyl (C=O) groups is 6. The van der Waals surface area contributed by atoms with E-state index in [2.05, 4.69) is 15.6 Å². The molecular formula is C42H50N4O9. The van der Waals surface area contributed by atoms with E-state index in [-0.39, 0.29) is 44.6 Å². The van der Waals surface area contributed by atoms with Gasteiger partial charge in [-0.15, -0.1) is 0 Å². The third kappa shape index (κ3) is 14.1. The molecule has 3 atom stereocenters. The van der Waals surface area contributed by atoms with Crippen LogP contribution in [0.1, 0.15) is 69.1 Å². The average molecular weight is 755 g/mol. The number of aromatic nitrogens is 1. The molecule has 1 heterocycles. The summed E-state index contributed by atoms with van der Waals surface area (Å²) in [7, 11) is 0. The predicted molar refractivity (Wildman–Crippen MR) is 206 cm³/mol. The number of carboxylic acids is 1. The number of rotatable bonds is 23. The van der Waals surface area contributed by atoms with Gasteiger partial charge >= 0.3 is 11.9 Å². The average Bonchev–Trinajstić information content (AvgIpc) is 3.57. The molecule has 0 saturated carbocycles. The minimum Gasteiger partial charge on any atom is -0.482 e. The Labute approximate surface area is 320 Å². The van der Waals surface area contributed by atoms with Crippen LogP contribution in [0.3, 0.4) is 0 Å². The van der Waals surface area contributed by atoms with Crippen LogP contribution < -0.4 is 21.1 Å². The first-order valence-corrected chi connectivity index (χ1v) is 18.5. The summed E-state index contributed by atoms with van der Waals surface area (Å²) < 4.78 is 10.6. The summed E-state index contributed by atoms with van der Waals surface area (Å²) in [5, 5.41) is 15.6. The molecule has 4 rings (SSSR count). The highest BCUT2D eigenvalue weighted by molar-refractivity contribution is 5.95. The number of carbonyl (C=O) groups excluding carboxylic acids is 5. The van der Waals surface area contributed by atoms with Crippen molar-refractivity contribution in [2.45, 2.75) is 83.9 Å². The maximum absolute atomic E-state index is 14.0. The molecule has 0 aliphatic rings. The lowest BCUT2D eigenvalue weighted by Gasteiger charge is -2.24. The van der Waals surface area contributed by atoms with Gasteiger partial charge in [-0.1, -0.05) is 74.5 Å². The summed E-state index contributed by atoms with van der Waals surface area (Å²) in [4.78, 5) is 80.3. The van der Waals surface area contributed by atoms with Gasteiger partial charge in [0.25, 0.3) is 0 Å². The quantitative estimate of drug-likeness (QED) is 0.0659. The van der Waals surface area contributed by atoms with Crippen molar-refractivity contribution in [1.29, 1.82) is 0 Å². The van der Waals surface area contributed by atoms with Gasteiger partial charge in [0.15, 0.2) is 12.4 Å². The van der Waals surface area contributed by atoms with Gasteiger partial charge in [-0.25, -0.2) is 4.79 Å². The number of fused-ring (bicyclic) bond motifs is 1. The number of ether oxygens (including phenoxy) is 2. The number of ketones is 1. The van der Waals surface area contributed by atoms with Crippen molar-refractivity contribution >= 4 is 46.3 Å². The summed E-state index contributed by atoms with van der Waals surface area (Å²) in [5.41, 5.74) is 9.13. The van der Waals surface area contributed by atoms with Gasteiger partial charge in [0, 0.05) is 42.3 Å². The first-order valence-electron chi connectivity index (χ1n) is 18.5. The van der Waals surface area contributed by atoms with Crippen molar-refractivity contribution in [3.8, 4) is 5.75 Å². The monoisotopic (exact) mass is 754 g/mol. The van der Waals surface area contributed by atoms with Crippen LogP contribution in [-0.2, 0) is 53.0 Å². The normalized spacial score (nSPS) is 12.7. The van der Waals surface area contributed by atoms with E-state index < -0.39 is 60.1 Å². The van der Waals surface area contributed by atoms with Crippen LogP contribution in [0, 0.1) is 11.8 Å². The third-order valence-electron chi connectivity index (χ3n) is 9.09. The Morgan fingerprint density at radius 2 is 1.55 bits per heavy atom. The van der Waals surface area contributed by atoms with Crippen LogP contribution in [0.4, 0.5) is 0 Å². The van der Waals surface area contributed by atoms with E-state index in [1.54, 1.807) is 24.3 Å². The maximum Gasteiger partial charge on any atom is 0.341 e. The number of aryl methyl sites for hydroxylation is 1. The Hall–Kier alpha value is -5.98. The fourth-order valence-corrected chi connectivity index (χ4v) is 6.26. The van der Waals surface area contributed by atoms with Crippen molar-refractivity contribution in [3.63, 3.8) is 0 Å². The second-order valence-corrected chi connectivity index (χ2v) is 14.0. The number of nitrogens with one attached hydrogen (secondary N) is 3. The molecule has 0 aliphatic carbocycles. The number of esters is 1. The molecule has 3 amide bonds. The highest BCUT2D eigenvalue weighted by Crippen LogP contribution is 2.21. The van der Waals surface area contributed by atoms with Crippen LogP contribution in [0.2, 0.25) is 0 Å². The maximum atomic E-state index is 14.0. The number of para-hydroxylation sites is 1. The van der Waals surface area contributed by atoms with Crippen LogP contribution in [0.5, 0.6) is 5.75 Å². The summed E-state index contributed by atoms with van der Waals surface area (Å²) >= 11 is 0. The Bertz CT molecular complexity index is 1910. The zero-order chi connectivity index (χ0) is 39.7. The fraction of sp³-hybridized carbons (Fsp3) is 0.381. The van der Waals surface area contributed by atoms with Crippen LogP contribution in [0.25, 0.3) is 10.9 Å². The lowest BCUT2D eigenvalue weighted by Crippen LogP contribution is -2.52. The molecule has 0 fully saturated rings. The van der Waals surface area contributed by atoms with Crippen molar-refractivity contribution in [2.24, 2.45) is 17.6 Å². The highest BCUT2D eigenvalue weighted by Gasteiger charge is 2.30. The van der Waals surface area contributed by atoms with E-state index in [9.17, 15) is 28.8 Å². The van der Waals surface area contributed by atoms with E-state index >= 15 is 0 Å². The Balaban J connectivity index is 1.49. The molecular weight excluding hydrogens is 704 g/mol. The Morgan fingerprint density at radius 1 is 0.836 bits per heavy atom. The predicted octanol–water partition coefficient (Wildman–Crippen LogP) is 4.80. The molecule has 0 saturated heterocycles. The van der Waals surface area contributed by atoms with Crippen LogP contribution in [0.15, 0.2) is 85.1 Å². The van der Waals surface area contributed by atoms with Gasteiger partial charge in [0.1, 0.15) is 18.4 Å². The third-order valence-corrected chi connectivity index (χ3v) is 9.09. The van der Waals surface area contributed by atoms with E-state index in [0.29, 0.717) is 30.6 Å². The Kier molecular flexibility index (Phi) is 16.0. The first kappa shape index (κ1) is 41.8. The molecule has 292 valence electrons. The van der Waals surface area contributed by atoms with Crippen LogP contribution in [-0.4, -0.2) is 64.2 Å². The molecule has 0 radical (unpaired) electrons. The first-order chi connectivity index (χ1) is 26.4. The molecule has 1 aromatic heterocycles. The lowest BCUT2D eigenvalue weighted by molar-refractivity contribution is -0.145. The summed E-state index contributed by atoms with van der Waals surface area (Å²) in [6.45, 7) is 3.33. The second-order valence-electron chi connectivity index (χ2n) is 14.0. The zero-order valence-corrected chi connectivity index (χ0v) is 31.3. The molecule has 4 aromatic rings. The lowest BCUT2D eigenvalue weighted by atomic mass is 9.88. The second kappa shape index (κ2) is 21.0. The summed E-state index contributed by atoms with van der Waals surface area (Å²) in [6, 6.07) is 21.1. The number of aliphatic carboxylic acids is 1. The smallest absolute Gasteiger partial charge is 0.341 e. The number of benzene rings is 3. The minimum absolute atomic E-state index is 0.0152. The van der Waals surface area contributed by atoms with Gasteiger partial charge in [0.2, 0.25) is 17.7 Å². The van der Waals surface area contributed by atoms with Gasteiger partial charge in [0.05, 0.1) is 6.04 Å². The van der Waals surface area contributed by atoms with Crippen molar-refractivity contribution < 1.29 is 43.3 Å².